The van der Waals surface area contributed by atoms with Crippen molar-refractivity contribution in [3.63, 3.8) is 0 Å². The minimum Gasteiger partial charge on any atom is -0.497 e. The molecule has 4 aromatic rings. The van der Waals surface area contributed by atoms with Crippen LogP contribution in [0.4, 0.5) is 5.69 Å². The second kappa shape index (κ2) is 10.4. The first-order valence-electron chi connectivity index (χ1n) is 12.0. The topological polar surface area (TPSA) is 73.2 Å². The van der Waals surface area contributed by atoms with Gasteiger partial charge in [0.15, 0.2) is 5.76 Å². The van der Waals surface area contributed by atoms with Crippen molar-refractivity contribution in [1.82, 2.24) is 4.90 Å². The lowest BCUT2D eigenvalue weighted by Crippen LogP contribution is -2.39. The average molecular weight is 487 g/mol. The number of aryl methyl sites for hydroxylation is 1. The zero-order valence-electron chi connectivity index (χ0n) is 20.7. The van der Waals surface area contributed by atoms with Crippen LogP contribution in [0, 0.1) is 6.92 Å². The molecule has 5 rings (SSSR count). The molecule has 186 valence electrons. The summed E-state index contributed by atoms with van der Waals surface area (Å²) in [5.74, 6) is 1.88. The molecule has 1 amide bonds. The van der Waals surface area contributed by atoms with Crippen LogP contribution in [0.5, 0.6) is 11.5 Å². The van der Waals surface area contributed by atoms with Crippen molar-refractivity contribution in [2.45, 2.75) is 13.0 Å². The number of rotatable bonds is 7. The summed E-state index contributed by atoms with van der Waals surface area (Å²) < 4.78 is 23.5. The Hall–Kier alpha value is -3.81. The Labute approximate surface area is 210 Å². The van der Waals surface area contributed by atoms with Crippen molar-refractivity contribution in [3.8, 4) is 11.5 Å². The van der Waals surface area contributed by atoms with E-state index in [9.17, 15) is 4.79 Å². The van der Waals surface area contributed by atoms with Crippen LogP contribution >= 0.6 is 0 Å². The number of benzene rings is 3. The summed E-state index contributed by atoms with van der Waals surface area (Å²) in [7, 11) is 3.30. The van der Waals surface area contributed by atoms with Crippen LogP contribution in [0.25, 0.3) is 11.0 Å². The number of amides is 1. The van der Waals surface area contributed by atoms with E-state index < -0.39 is 0 Å². The lowest BCUT2D eigenvalue weighted by atomic mass is 9.98. The third-order valence-electron chi connectivity index (χ3n) is 6.57. The highest BCUT2D eigenvalue weighted by Gasteiger charge is 2.33. The quantitative estimate of drug-likeness (QED) is 0.375. The van der Waals surface area contributed by atoms with Gasteiger partial charge in [0.05, 0.1) is 39.2 Å². The standard InChI is InChI=1S/C29H30N2O5/c1-19-8-10-20(11-9-19)29(32)30-26-22-6-4-5-7-25(22)36-28(26)27(31-14-16-35-17-15-31)23-18-21(33-2)12-13-24(23)34-3/h4-13,18,27H,14-17H2,1-3H3,(H,30,32)/t27-/m0/s1. The first-order chi connectivity index (χ1) is 17.6. The van der Waals surface area contributed by atoms with Gasteiger partial charge in [-0.25, -0.2) is 0 Å². The zero-order valence-corrected chi connectivity index (χ0v) is 20.7. The number of morpholine rings is 1. The second-order valence-corrected chi connectivity index (χ2v) is 8.82. The molecule has 0 unspecified atom stereocenters. The van der Waals surface area contributed by atoms with Crippen LogP contribution in [0.15, 0.2) is 71.1 Å². The Morgan fingerprint density at radius 3 is 2.44 bits per heavy atom. The predicted octanol–water partition coefficient (Wildman–Crippen LogP) is 5.43. The van der Waals surface area contributed by atoms with E-state index in [1.807, 2.05) is 73.7 Å². The molecule has 1 aliphatic rings. The van der Waals surface area contributed by atoms with E-state index in [2.05, 4.69) is 10.2 Å². The molecule has 1 saturated heterocycles. The number of carbonyl (C=O) groups excluding carboxylic acids is 1. The lowest BCUT2D eigenvalue weighted by molar-refractivity contribution is 0.0201. The SMILES string of the molecule is COc1ccc(OC)c([C@@H](c2oc3ccccc3c2NC(=O)c2ccc(C)cc2)N2CCOCC2)c1. The summed E-state index contributed by atoms with van der Waals surface area (Å²) in [6, 6.07) is 20.7. The van der Waals surface area contributed by atoms with Gasteiger partial charge in [0.1, 0.15) is 17.1 Å². The maximum absolute atomic E-state index is 13.3. The summed E-state index contributed by atoms with van der Waals surface area (Å²) in [6.45, 7) is 4.61. The first-order valence-corrected chi connectivity index (χ1v) is 12.0. The van der Waals surface area contributed by atoms with E-state index in [1.165, 1.54) is 0 Å². The summed E-state index contributed by atoms with van der Waals surface area (Å²) in [4.78, 5) is 15.6. The molecule has 1 atom stereocenters. The van der Waals surface area contributed by atoms with Gasteiger partial charge in [-0.3, -0.25) is 9.69 Å². The largest absolute Gasteiger partial charge is 0.497 e. The van der Waals surface area contributed by atoms with Gasteiger partial charge in [-0.15, -0.1) is 0 Å². The highest BCUT2D eigenvalue weighted by Crippen LogP contribution is 2.44. The van der Waals surface area contributed by atoms with E-state index in [4.69, 9.17) is 18.6 Å². The van der Waals surface area contributed by atoms with Gasteiger partial charge in [-0.2, -0.15) is 0 Å². The fourth-order valence-electron chi connectivity index (χ4n) is 4.67. The van der Waals surface area contributed by atoms with Crippen molar-refractivity contribution >= 4 is 22.6 Å². The van der Waals surface area contributed by atoms with Gasteiger partial charge in [0.25, 0.3) is 5.91 Å². The molecule has 7 heteroatoms. The molecule has 0 radical (unpaired) electrons. The Kier molecular flexibility index (Phi) is 6.93. The van der Waals surface area contributed by atoms with E-state index in [1.54, 1.807) is 14.2 Å². The zero-order chi connectivity index (χ0) is 25.1. The van der Waals surface area contributed by atoms with Crippen molar-refractivity contribution in [2.75, 3.05) is 45.8 Å². The number of fused-ring (bicyclic) bond motifs is 1. The van der Waals surface area contributed by atoms with E-state index in [0.717, 1.165) is 16.5 Å². The number of anilines is 1. The molecule has 7 nitrogen and oxygen atoms in total. The Bertz CT molecular complexity index is 1360. The van der Waals surface area contributed by atoms with Gasteiger partial charge in [-0.1, -0.05) is 29.8 Å². The van der Waals surface area contributed by atoms with Crippen LogP contribution < -0.4 is 14.8 Å². The van der Waals surface area contributed by atoms with E-state index in [-0.39, 0.29) is 11.9 Å². The molecule has 36 heavy (non-hydrogen) atoms. The summed E-state index contributed by atoms with van der Waals surface area (Å²) >= 11 is 0. The summed E-state index contributed by atoms with van der Waals surface area (Å²) in [6.07, 6.45) is 0. The van der Waals surface area contributed by atoms with Crippen molar-refractivity contribution in [1.29, 1.82) is 0 Å². The Morgan fingerprint density at radius 1 is 0.972 bits per heavy atom. The van der Waals surface area contributed by atoms with Crippen LogP contribution in [0.2, 0.25) is 0 Å². The number of carbonyl (C=O) groups is 1. The van der Waals surface area contributed by atoms with Gasteiger partial charge >= 0.3 is 0 Å². The monoisotopic (exact) mass is 486 g/mol. The van der Waals surface area contributed by atoms with Gasteiger partial charge in [-0.05, 0) is 49.4 Å². The maximum atomic E-state index is 13.3. The third-order valence-corrected chi connectivity index (χ3v) is 6.57. The second-order valence-electron chi connectivity index (χ2n) is 8.82. The first kappa shape index (κ1) is 23.9. The molecule has 0 spiro atoms. The molecule has 2 heterocycles. The van der Waals surface area contributed by atoms with E-state index in [0.29, 0.717) is 60.4 Å². The fourth-order valence-corrected chi connectivity index (χ4v) is 4.67. The Morgan fingerprint density at radius 2 is 1.72 bits per heavy atom. The highest BCUT2D eigenvalue weighted by atomic mass is 16.5. The van der Waals surface area contributed by atoms with Crippen molar-refractivity contribution in [2.24, 2.45) is 0 Å². The molecule has 0 aliphatic carbocycles. The molecule has 0 bridgehead atoms. The maximum Gasteiger partial charge on any atom is 0.255 e. The molecule has 0 saturated carbocycles. The molecule has 1 aliphatic heterocycles. The van der Waals surface area contributed by atoms with Crippen LogP contribution in [-0.2, 0) is 4.74 Å². The number of nitrogens with zero attached hydrogens (tertiary/aromatic N) is 1. The Balaban J connectivity index is 1.67. The number of hydrogen-bond donors (Lipinski definition) is 1. The van der Waals surface area contributed by atoms with Crippen molar-refractivity contribution in [3.05, 3.63) is 89.2 Å². The molecular formula is C29H30N2O5. The molecule has 1 fully saturated rings. The lowest BCUT2D eigenvalue weighted by Gasteiger charge is -2.34. The number of hydrogen-bond acceptors (Lipinski definition) is 6. The number of para-hydroxylation sites is 1. The molecular weight excluding hydrogens is 456 g/mol. The van der Waals surface area contributed by atoms with Gasteiger partial charge < -0.3 is 23.9 Å². The smallest absolute Gasteiger partial charge is 0.255 e. The minimum atomic E-state index is -0.334. The normalized spacial score (nSPS) is 15.0. The van der Waals surface area contributed by atoms with Crippen LogP contribution in [-0.4, -0.2) is 51.3 Å². The average Bonchev–Trinajstić information content (AvgIpc) is 3.27. The third kappa shape index (κ3) is 4.67. The molecule has 1 N–H and O–H groups in total. The van der Waals surface area contributed by atoms with Gasteiger partial charge in [0.2, 0.25) is 0 Å². The molecule has 3 aromatic carbocycles. The van der Waals surface area contributed by atoms with Crippen molar-refractivity contribution < 1.29 is 23.4 Å². The summed E-state index contributed by atoms with van der Waals surface area (Å²) in [5.41, 5.74) is 3.92. The number of nitrogens with one attached hydrogen (secondary N) is 1. The van der Waals surface area contributed by atoms with Crippen LogP contribution in [0.1, 0.15) is 33.3 Å². The summed E-state index contributed by atoms with van der Waals surface area (Å²) in [5, 5.41) is 4.00. The van der Waals surface area contributed by atoms with Crippen LogP contribution in [0.3, 0.4) is 0 Å². The van der Waals surface area contributed by atoms with Gasteiger partial charge in [0, 0.05) is 29.6 Å². The predicted molar refractivity (Wildman–Crippen MR) is 139 cm³/mol. The van der Waals surface area contributed by atoms with E-state index >= 15 is 0 Å². The minimum absolute atomic E-state index is 0.193. The highest BCUT2D eigenvalue weighted by molar-refractivity contribution is 6.09. The number of ether oxygens (including phenoxy) is 3. The molecule has 1 aromatic heterocycles. The fraction of sp³-hybridized carbons (Fsp3) is 0.276. The number of furan rings is 1. The number of methoxy groups -OCH3 is 2.